The lowest BCUT2D eigenvalue weighted by Gasteiger charge is -2.02. The van der Waals surface area contributed by atoms with Gasteiger partial charge in [-0.2, -0.15) is 0 Å². The molecular formula is C18H16FN3O2. The second-order valence-corrected chi connectivity index (χ2v) is 5.56. The largest absolute Gasteiger partial charge is 0.403 e. The van der Waals surface area contributed by atoms with Crippen molar-refractivity contribution in [2.45, 2.75) is 20.3 Å². The van der Waals surface area contributed by atoms with Crippen molar-refractivity contribution in [1.29, 1.82) is 0 Å². The maximum Gasteiger partial charge on any atom is 0.322 e. The number of halogens is 1. The molecule has 24 heavy (non-hydrogen) atoms. The molecule has 0 aliphatic rings. The van der Waals surface area contributed by atoms with Crippen LogP contribution in [-0.2, 0) is 11.2 Å². The Morgan fingerprint density at radius 2 is 1.83 bits per heavy atom. The van der Waals surface area contributed by atoms with Gasteiger partial charge in [0.15, 0.2) is 0 Å². The van der Waals surface area contributed by atoms with Gasteiger partial charge in [-0.3, -0.25) is 10.1 Å². The molecule has 5 nitrogen and oxygen atoms in total. The van der Waals surface area contributed by atoms with Crippen molar-refractivity contribution < 1.29 is 13.6 Å². The zero-order chi connectivity index (χ0) is 17.1. The zero-order valence-electron chi connectivity index (χ0n) is 13.3. The topological polar surface area (TPSA) is 68.0 Å². The molecule has 0 saturated heterocycles. The van der Waals surface area contributed by atoms with Crippen LogP contribution in [0.15, 0.2) is 46.9 Å². The van der Waals surface area contributed by atoms with E-state index < -0.39 is 0 Å². The van der Waals surface area contributed by atoms with Crippen LogP contribution in [0.5, 0.6) is 0 Å². The monoisotopic (exact) mass is 325 g/mol. The van der Waals surface area contributed by atoms with E-state index in [2.05, 4.69) is 15.5 Å². The van der Waals surface area contributed by atoms with Crippen molar-refractivity contribution in [2.24, 2.45) is 0 Å². The van der Waals surface area contributed by atoms with Crippen molar-refractivity contribution >= 4 is 11.9 Å². The van der Waals surface area contributed by atoms with Gasteiger partial charge in [-0.15, -0.1) is 5.10 Å². The minimum atomic E-state index is -0.339. The molecular weight excluding hydrogens is 309 g/mol. The number of hydrogen-bond acceptors (Lipinski definition) is 4. The molecule has 3 rings (SSSR count). The van der Waals surface area contributed by atoms with E-state index in [1.165, 1.54) is 17.7 Å². The fourth-order valence-corrected chi connectivity index (χ4v) is 2.22. The van der Waals surface area contributed by atoms with E-state index >= 15 is 0 Å². The molecule has 1 aromatic heterocycles. The summed E-state index contributed by atoms with van der Waals surface area (Å²) in [5.74, 6) is -0.304. The fraction of sp³-hybridized carbons (Fsp3) is 0.167. The summed E-state index contributed by atoms with van der Waals surface area (Å²) in [5, 5.41) is 10.3. The van der Waals surface area contributed by atoms with E-state index in [0.717, 1.165) is 11.1 Å². The van der Waals surface area contributed by atoms with Crippen molar-refractivity contribution in [3.63, 3.8) is 0 Å². The van der Waals surface area contributed by atoms with Crippen molar-refractivity contribution in [3.8, 4) is 11.5 Å². The van der Waals surface area contributed by atoms with Crippen LogP contribution < -0.4 is 5.32 Å². The number of hydrogen-bond donors (Lipinski definition) is 1. The Labute approximate surface area is 138 Å². The lowest BCUT2D eigenvalue weighted by atomic mass is 10.1. The number of anilines is 1. The van der Waals surface area contributed by atoms with E-state index in [4.69, 9.17) is 4.42 Å². The number of aromatic nitrogens is 2. The first-order chi connectivity index (χ1) is 11.5. The van der Waals surface area contributed by atoms with Crippen LogP contribution in [0, 0.1) is 19.7 Å². The van der Waals surface area contributed by atoms with Gasteiger partial charge in [-0.05, 0) is 54.8 Å². The Morgan fingerprint density at radius 3 is 2.54 bits per heavy atom. The maximum absolute atomic E-state index is 12.9. The number of carbonyl (C=O) groups excluding carboxylic acids is 1. The first-order valence-electron chi connectivity index (χ1n) is 7.47. The van der Waals surface area contributed by atoms with Crippen LogP contribution in [0.2, 0.25) is 0 Å². The van der Waals surface area contributed by atoms with Gasteiger partial charge < -0.3 is 4.42 Å². The Hall–Kier alpha value is -3.02. The highest BCUT2D eigenvalue weighted by Gasteiger charge is 2.12. The molecule has 6 heteroatoms. The molecule has 0 fully saturated rings. The van der Waals surface area contributed by atoms with Gasteiger partial charge in [-0.25, -0.2) is 4.39 Å². The van der Waals surface area contributed by atoms with Gasteiger partial charge in [0.1, 0.15) is 5.82 Å². The first kappa shape index (κ1) is 15.9. The molecule has 0 atom stereocenters. The Balaban J connectivity index is 1.68. The van der Waals surface area contributed by atoms with E-state index in [1.807, 2.05) is 32.0 Å². The summed E-state index contributed by atoms with van der Waals surface area (Å²) in [7, 11) is 0. The second-order valence-electron chi connectivity index (χ2n) is 5.56. The lowest BCUT2D eigenvalue weighted by Crippen LogP contribution is -2.14. The summed E-state index contributed by atoms with van der Waals surface area (Å²) in [6.45, 7) is 4.02. The third-order valence-corrected chi connectivity index (χ3v) is 3.70. The summed E-state index contributed by atoms with van der Waals surface area (Å²) < 4.78 is 18.3. The van der Waals surface area contributed by atoms with E-state index in [9.17, 15) is 9.18 Å². The van der Waals surface area contributed by atoms with Gasteiger partial charge >= 0.3 is 6.01 Å². The molecule has 3 aromatic rings. The van der Waals surface area contributed by atoms with Crippen LogP contribution in [0.3, 0.4) is 0 Å². The molecule has 0 bridgehead atoms. The van der Waals surface area contributed by atoms with E-state index in [1.54, 1.807) is 12.1 Å². The SMILES string of the molecule is Cc1ccc(-c2nnc(NC(=O)Cc3ccc(F)cc3)o2)cc1C. The van der Waals surface area contributed by atoms with E-state index in [0.29, 0.717) is 11.5 Å². The quantitative estimate of drug-likeness (QED) is 0.794. The predicted molar refractivity (Wildman–Crippen MR) is 87.9 cm³/mol. The maximum atomic E-state index is 12.9. The second kappa shape index (κ2) is 6.62. The van der Waals surface area contributed by atoms with Crippen molar-refractivity contribution in [2.75, 3.05) is 5.32 Å². The van der Waals surface area contributed by atoms with Gasteiger partial charge in [0.2, 0.25) is 11.8 Å². The molecule has 2 aromatic carbocycles. The average molecular weight is 325 g/mol. The van der Waals surface area contributed by atoms with Crippen molar-refractivity contribution in [1.82, 2.24) is 10.2 Å². The number of benzene rings is 2. The molecule has 122 valence electrons. The Kier molecular flexibility index (Phi) is 4.37. The standard InChI is InChI=1S/C18H16FN3O2/c1-11-3-6-14(9-12(11)2)17-21-22-18(24-17)20-16(23)10-13-4-7-15(19)8-5-13/h3-9H,10H2,1-2H3,(H,20,22,23). The molecule has 0 aliphatic carbocycles. The highest BCUT2D eigenvalue weighted by atomic mass is 19.1. The van der Waals surface area contributed by atoms with Gasteiger partial charge in [0, 0.05) is 5.56 Å². The van der Waals surface area contributed by atoms with Crippen LogP contribution >= 0.6 is 0 Å². The molecule has 0 unspecified atom stereocenters. The summed E-state index contributed by atoms with van der Waals surface area (Å²) in [5.41, 5.74) is 3.78. The van der Waals surface area contributed by atoms with Crippen molar-refractivity contribution in [3.05, 3.63) is 65.0 Å². The number of rotatable bonds is 4. The molecule has 1 N–H and O–H groups in total. The van der Waals surface area contributed by atoms with Gasteiger partial charge in [0.05, 0.1) is 6.42 Å². The van der Waals surface area contributed by atoms with Crippen LogP contribution in [-0.4, -0.2) is 16.1 Å². The summed E-state index contributed by atoms with van der Waals surface area (Å²) >= 11 is 0. The molecule has 1 heterocycles. The molecule has 0 saturated carbocycles. The van der Waals surface area contributed by atoms with Crippen LogP contribution in [0.4, 0.5) is 10.4 Å². The minimum absolute atomic E-state index is 0.0374. The summed E-state index contributed by atoms with van der Waals surface area (Å²) in [6.07, 6.45) is 0.0988. The van der Waals surface area contributed by atoms with Crippen LogP contribution in [0.25, 0.3) is 11.5 Å². The first-order valence-corrected chi connectivity index (χ1v) is 7.47. The lowest BCUT2D eigenvalue weighted by molar-refractivity contribution is -0.115. The smallest absolute Gasteiger partial charge is 0.322 e. The molecule has 1 amide bonds. The third-order valence-electron chi connectivity index (χ3n) is 3.70. The van der Waals surface area contributed by atoms with Gasteiger partial charge in [0.25, 0.3) is 0 Å². The number of amides is 1. The zero-order valence-corrected chi connectivity index (χ0v) is 13.3. The van der Waals surface area contributed by atoms with E-state index in [-0.39, 0.29) is 24.2 Å². The Morgan fingerprint density at radius 1 is 1.08 bits per heavy atom. The summed E-state index contributed by atoms with van der Waals surface area (Å²) in [4.78, 5) is 12.0. The number of nitrogens with one attached hydrogen (secondary N) is 1. The van der Waals surface area contributed by atoms with Gasteiger partial charge in [-0.1, -0.05) is 23.3 Å². The van der Waals surface area contributed by atoms with Crippen LogP contribution in [0.1, 0.15) is 16.7 Å². The molecule has 0 radical (unpaired) electrons. The Bertz CT molecular complexity index is 872. The summed E-state index contributed by atoms with van der Waals surface area (Å²) in [6, 6.07) is 11.6. The normalized spacial score (nSPS) is 10.6. The average Bonchev–Trinajstić information content (AvgIpc) is 3.00. The highest BCUT2D eigenvalue weighted by molar-refractivity contribution is 5.90. The minimum Gasteiger partial charge on any atom is -0.403 e. The number of nitrogens with zero attached hydrogens (tertiary/aromatic N) is 2. The highest BCUT2D eigenvalue weighted by Crippen LogP contribution is 2.22. The third kappa shape index (κ3) is 3.65. The molecule has 0 aliphatic heterocycles. The fourth-order valence-electron chi connectivity index (χ4n) is 2.22. The number of aryl methyl sites for hydroxylation is 2. The number of carbonyl (C=O) groups is 1. The predicted octanol–water partition coefficient (Wildman–Crippen LogP) is 3.67. The molecule has 0 spiro atoms.